The SMILES string of the molecule is CC(NC(=O)CNc1ccccc1N1CCCCCC1)c1cccs1. The van der Waals surface area contributed by atoms with Crippen molar-refractivity contribution in [1.29, 1.82) is 0 Å². The van der Waals surface area contributed by atoms with Gasteiger partial charge in [0.05, 0.1) is 24.0 Å². The van der Waals surface area contributed by atoms with Crippen molar-refractivity contribution >= 4 is 28.6 Å². The molecule has 0 aliphatic carbocycles. The fourth-order valence-corrected chi connectivity index (χ4v) is 4.02. The van der Waals surface area contributed by atoms with Gasteiger partial charge in [0.25, 0.3) is 0 Å². The highest BCUT2D eigenvalue weighted by Gasteiger charge is 2.14. The Balaban J connectivity index is 1.58. The number of anilines is 2. The molecular formula is C20H27N3OS. The smallest absolute Gasteiger partial charge is 0.239 e. The van der Waals surface area contributed by atoms with Crippen molar-refractivity contribution in [3.63, 3.8) is 0 Å². The zero-order chi connectivity index (χ0) is 17.5. The highest BCUT2D eigenvalue weighted by molar-refractivity contribution is 7.10. The molecule has 1 aromatic carbocycles. The molecule has 1 saturated heterocycles. The van der Waals surface area contributed by atoms with E-state index in [1.54, 1.807) is 11.3 Å². The highest BCUT2D eigenvalue weighted by atomic mass is 32.1. The standard InChI is InChI=1S/C20H27N3OS/c1-16(19-11-8-14-25-19)22-20(24)15-21-17-9-4-5-10-18(17)23-12-6-2-3-7-13-23/h4-5,8-11,14,16,21H,2-3,6-7,12-13,15H2,1H3,(H,22,24). The Hall–Kier alpha value is -2.01. The molecule has 3 rings (SSSR count). The zero-order valence-corrected chi connectivity index (χ0v) is 15.6. The van der Waals surface area contributed by atoms with Gasteiger partial charge in [0.15, 0.2) is 0 Å². The van der Waals surface area contributed by atoms with Crippen LogP contribution in [0.15, 0.2) is 41.8 Å². The monoisotopic (exact) mass is 357 g/mol. The van der Waals surface area contributed by atoms with Gasteiger partial charge in [-0.25, -0.2) is 0 Å². The highest BCUT2D eigenvalue weighted by Crippen LogP contribution is 2.27. The number of benzene rings is 1. The van der Waals surface area contributed by atoms with Crippen LogP contribution in [-0.4, -0.2) is 25.5 Å². The van der Waals surface area contributed by atoms with Crippen molar-refractivity contribution < 1.29 is 4.79 Å². The van der Waals surface area contributed by atoms with E-state index in [1.165, 1.54) is 36.2 Å². The summed E-state index contributed by atoms with van der Waals surface area (Å²) >= 11 is 1.67. The number of nitrogens with one attached hydrogen (secondary N) is 2. The Morgan fingerprint density at radius 3 is 2.60 bits per heavy atom. The van der Waals surface area contributed by atoms with Gasteiger partial charge < -0.3 is 15.5 Å². The number of amides is 1. The molecule has 0 saturated carbocycles. The van der Waals surface area contributed by atoms with E-state index >= 15 is 0 Å². The Morgan fingerprint density at radius 2 is 1.88 bits per heavy atom. The number of nitrogens with zero attached hydrogens (tertiary/aromatic N) is 1. The number of carbonyl (C=O) groups excluding carboxylic acids is 1. The lowest BCUT2D eigenvalue weighted by atomic mass is 10.2. The molecule has 0 radical (unpaired) electrons. The van der Waals surface area contributed by atoms with Gasteiger partial charge in [-0.2, -0.15) is 0 Å². The third-order valence-corrected chi connectivity index (χ3v) is 5.69. The van der Waals surface area contributed by atoms with Crippen LogP contribution in [0.4, 0.5) is 11.4 Å². The number of carbonyl (C=O) groups is 1. The lowest BCUT2D eigenvalue weighted by molar-refractivity contribution is -0.120. The van der Waals surface area contributed by atoms with E-state index in [9.17, 15) is 4.79 Å². The zero-order valence-electron chi connectivity index (χ0n) is 14.8. The third-order valence-electron chi connectivity index (χ3n) is 4.64. The second-order valence-corrected chi connectivity index (χ2v) is 7.56. The fourth-order valence-electron chi connectivity index (χ4n) is 3.29. The molecule has 2 N–H and O–H groups in total. The van der Waals surface area contributed by atoms with Gasteiger partial charge in [-0.1, -0.05) is 31.0 Å². The van der Waals surface area contributed by atoms with E-state index in [0.717, 1.165) is 18.8 Å². The molecule has 0 bridgehead atoms. The summed E-state index contributed by atoms with van der Waals surface area (Å²) in [6.07, 6.45) is 5.12. The summed E-state index contributed by atoms with van der Waals surface area (Å²) in [5.41, 5.74) is 2.26. The second kappa shape index (κ2) is 8.90. The van der Waals surface area contributed by atoms with Gasteiger partial charge in [0.1, 0.15) is 0 Å². The van der Waals surface area contributed by atoms with E-state index in [4.69, 9.17) is 0 Å². The summed E-state index contributed by atoms with van der Waals surface area (Å²) in [7, 11) is 0. The molecule has 1 aliphatic heterocycles. The average Bonchev–Trinajstić information content (AvgIpc) is 3.03. The first-order valence-electron chi connectivity index (χ1n) is 9.14. The summed E-state index contributed by atoms with van der Waals surface area (Å²) < 4.78 is 0. The minimum absolute atomic E-state index is 0.0200. The van der Waals surface area contributed by atoms with Crippen molar-refractivity contribution in [3.05, 3.63) is 46.7 Å². The van der Waals surface area contributed by atoms with Gasteiger partial charge in [0.2, 0.25) is 5.91 Å². The van der Waals surface area contributed by atoms with Crippen LogP contribution in [0.3, 0.4) is 0 Å². The van der Waals surface area contributed by atoms with E-state index in [2.05, 4.69) is 39.8 Å². The van der Waals surface area contributed by atoms with Gasteiger partial charge in [-0.15, -0.1) is 11.3 Å². The molecule has 1 amide bonds. The molecule has 2 heterocycles. The maximum atomic E-state index is 12.3. The van der Waals surface area contributed by atoms with Crippen molar-refractivity contribution in [2.75, 3.05) is 29.9 Å². The molecule has 0 spiro atoms. The Morgan fingerprint density at radius 1 is 1.12 bits per heavy atom. The van der Waals surface area contributed by atoms with E-state index in [-0.39, 0.29) is 11.9 Å². The Bertz CT molecular complexity index is 663. The second-order valence-electron chi connectivity index (χ2n) is 6.58. The average molecular weight is 358 g/mol. The van der Waals surface area contributed by atoms with E-state index < -0.39 is 0 Å². The minimum atomic E-state index is 0.0200. The number of para-hydroxylation sites is 2. The molecule has 1 aliphatic rings. The number of hydrogen-bond acceptors (Lipinski definition) is 4. The molecule has 1 aromatic heterocycles. The van der Waals surface area contributed by atoms with Crippen LogP contribution in [0.2, 0.25) is 0 Å². The number of thiophene rings is 1. The molecule has 2 aromatic rings. The molecule has 25 heavy (non-hydrogen) atoms. The van der Waals surface area contributed by atoms with Crippen LogP contribution in [0, 0.1) is 0 Å². The number of hydrogen-bond donors (Lipinski definition) is 2. The van der Waals surface area contributed by atoms with Crippen LogP contribution in [-0.2, 0) is 4.79 Å². The quantitative estimate of drug-likeness (QED) is 0.804. The predicted molar refractivity (Wildman–Crippen MR) is 106 cm³/mol. The first kappa shape index (κ1) is 17.8. The summed E-state index contributed by atoms with van der Waals surface area (Å²) in [6.45, 7) is 4.51. The van der Waals surface area contributed by atoms with Crippen molar-refractivity contribution in [2.24, 2.45) is 0 Å². The first-order valence-corrected chi connectivity index (χ1v) is 10.0. The third kappa shape index (κ3) is 4.98. The van der Waals surface area contributed by atoms with Crippen molar-refractivity contribution in [3.8, 4) is 0 Å². The summed E-state index contributed by atoms with van der Waals surface area (Å²) in [4.78, 5) is 15.9. The topological polar surface area (TPSA) is 44.4 Å². The van der Waals surface area contributed by atoms with Crippen molar-refractivity contribution in [1.82, 2.24) is 5.32 Å². The summed E-state index contributed by atoms with van der Waals surface area (Å²) in [5.74, 6) is 0.0200. The lowest BCUT2D eigenvalue weighted by Gasteiger charge is -2.25. The van der Waals surface area contributed by atoms with E-state index in [0.29, 0.717) is 6.54 Å². The van der Waals surface area contributed by atoms with Crippen LogP contribution in [0.25, 0.3) is 0 Å². The molecule has 1 fully saturated rings. The molecule has 134 valence electrons. The van der Waals surface area contributed by atoms with Crippen LogP contribution < -0.4 is 15.5 Å². The van der Waals surface area contributed by atoms with Crippen molar-refractivity contribution in [2.45, 2.75) is 38.6 Å². The molecule has 1 unspecified atom stereocenters. The Kier molecular flexibility index (Phi) is 6.34. The summed E-state index contributed by atoms with van der Waals surface area (Å²) in [5, 5.41) is 8.42. The Labute approximate surface area is 154 Å². The van der Waals surface area contributed by atoms with Crippen LogP contribution in [0.5, 0.6) is 0 Å². The predicted octanol–water partition coefficient (Wildman–Crippen LogP) is 4.42. The maximum Gasteiger partial charge on any atom is 0.239 e. The van der Waals surface area contributed by atoms with Crippen LogP contribution >= 0.6 is 11.3 Å². The lowest BCUT2D eigenvalue weighted by Crippen LogP contribution is -2.32. The molecular weight excluding hydrogens is 330 g/mol. The first-order chi connectivity index (χ1) is 12.2. The van der Waals surface area contributed by atoms with Crippen LogP contribution in [0.1, 0.15) is 43.5 Å². The van der Waals surface area contributed by atoms with Gasteiger partial charge in [-0.05, 0) is 43.3 Å². The molecule has 1 atom stereocenters. The van der Waals surface area contributed by atoms with Gasteiger partial charge >= 0.3 is 0 Å². The molecule has 5 heteroatoms. The largest absolute Gasteiger partial charge is 0.374 e. The van der Waals surface area contributed by atoms with Gasteiger partial charge in [-0.3, -0.25) is 4.79 Å². The fraction of sp³-hybridized carbons (Fsp3) is 0.450. The van der Waals surface area contributed by atoms with Gasteiger partial charge in [0, 0.05) is 18.0 Å². The summed E-state index contributed by atoms with van der Waals surface area (Å²) in [6, 6.07) is 12.4. The maximum absolute atomic E-state index is 12.3. The normalized spacial score (nSPS) is 16.1. The van der Waals surface area contributed by atoms with E-state index in [1.807, 2.05) is 24.4 Å². The molecule has 4 nitrogen and oxygen atoms in total. The minimum Gasteiger partial charge on any atom is -0.374 e. The number of rotatable bonds is 6.